The number of rotatable bonds is 7. The van der Waals surface area contributed by atoms with Crippen LogP contribution in [-0.4, -0.2) is 56.1 Å². The summed E-state index contributed by atoms with van der Waals surface area (Å²) in [4.78, 5) is 17.2. The standard InChI is InChI=1S/C29H32N2O3/c1-22-4-6-23(7-5-22)8-17-28(32)30-18-20-31(21-19-30)29(24-9-13-26(33-2)14-10-24)25-11-15-27(34-3)16-12-25/h4-17,29H,18-21H2,1-3H3/b17-8+. The van der Waals surface area contributed by atoms with E-state index in [1.807, 2.05) is 47.4 Å². The van der Waals surface area contributed by atoms with E-state index in [0.717, 1.165) is 30.2 Å². The van der Waals surface area contributed by atoms with Gasteiger partial charge in [-0.3, -0.25) is 9.69 Å². The van der Waals surface area contributed by atoms with E-state index in [9.17, 15) is 4.79 Å². The van der Waals surface area contributed by atoms with Crippen LogP contribution in [0.5, 0.6) is 11.5 Å². The van der Waals surface area contributed by atoms with Gasteiger partial charge in [-0.25, -0.2) is 0 Å². The Morgan fingerprint density at radius 3 is 1.74 bits per heavy atom. The highest BCUT2D eigenvalue weighted by atomic mass is 16.5. The Balaban J connectivity index is 1.47. The van der Waals surface area contributed by atoms with E-state index in [1.54, 1.807) is 20.3 Å². The number of amides is 1. The lowest BCUT2D eigenvalue weighted by atomic mass is 9.96. The van der Waals surface area contributed by atoms with Gasteiger partial charge in [0.25, 0.3) is 0 Å². The van der Waals surface area contributed by atoms with Gasteiger partial charge in [-0.05, 0) is 54.0 Å². The summed E-state index contributed by atoms with van der Waals surface area (Å²) in [6, 6.07) is 24.8. The van der Waals surface area contributed by atoms with Crippen LogP contribution in [0.15, 0.2) is 78.9 Å². The fourth-order valence-electron chi connectivity index (χ4n) is 4.34. The molecule has 0 spiro atoms. The van der Waals surface area contributed by atoms with E-state index in [4.69, 9.17) is 9.47 Å². The first-order valence-electron chi connectivity index (χ1n) is 11.6. The Hall–Kier alpha value is -3.57. The highest BCUT2D eigenvalue weighted by Crippen LogP contribution is 2.32. The summed E-state index contributed by atoms with van der Waals surface area (Å²) in [5.41, 5.74) is 4.65. The third-order valence-electron chi connectivity index (χ3n) is 6.35. The topological polar surface area (TPSA) is 42.0 Å². The second-order valence-corrected chi connectivity index (χ2v) is 8.55. The number of methoxy groups -OCH3 is 2. The van der Waals surface area contributed by atoms with E-state index >= 15 is 0 Å². The first-order chi connectivity index (χ1) is 16.6. The molecule has 5 heteroatoms. The Labute approximate surface area is 202 Å². The molecule has 0 bridgehead atoms. The number of aryl methyl sites for hydroxylation is 1. The summed E-state index contributed by atoms with van der Waals surface area (Å²) < 4.78 is 10.7. The van der Waals surface area contributed by atoms with Crippen molar-refractivity contribution in [2.24, 2.45) is 0 Å². The van der Waals surface area contributed by atoms with Crippen LogP contribution in [0, 0.1) is 6.92 Å². The highest BCUT2D eigenvalue weighted by molar-refractivity contribution is 5.91. The molecular formula is C29H32N2O3. The van der Waals surface area contributed by atoms with Gasteiger partial charge in [-0.1, -0.05) is 54.1 Å². The van der Waals surface area contributed by atoms with E-state index < -0.39 is 0 Å². The van der Waals surface area contributed by atoms with Gasteiger partial charge in [0.05, 0.1) is 20.3 Å². The highest BCUT2D eigenvalue weighted by Gasteiger charge is 2.27. The lowest BCUT2D eigenvalue weighted by Gasteiger charge is -2.39. The molecule has 1 fully saturated rings. The zero-order valence-electron chi connectivity index (χ0n) is 20.1. The van der Waals surface area contributed by atoms with Crippen molar-refractivity contribution < 1.29 is 14.3 Å². The Bertz CT molecular complexity index is 1050. The summed E-state index contributed by atoms with van der Waals surface area (Å²) in [6.45, 7) is 5.04. The van der Waals surface area contributed by atoms with Crippen molar-refractivity contribution in [2.45, 2.75) is 13.0 Å². The van der Waals surface area contributed by atoms with Crippen LogP contribution in [0.1, 0.15) is 28.3 Å². The maximum absolute atomic E-state index is 12.8. The van der Waals surface area contributed by atoms with Crippen LogP contribution in [0.2, 0.25) is 0 Å². The average molecular weight is 457 g/mol. The molecule has 0 unspecified atom stereocenters. The molecule has 1 heterocycles. The van der Waals surface area contributed by atoms with Crippen molar-refractivity contribution >= 4 is 12.0 Å². The van der Waals surface area contributed by atoms with E-state index in [0.29, 0.717) is 13.1 Å². The summed E-state index contributed by atoms with van der Waals surface area (Å²) in [7, 11) is 3.36. The molecule has 0 saturated carbocycles. The normalized spacial score (nSPS) is 14.5. The molecule has 0 N–H and O–H groups in total. The maximum Gasteiger partial charge on any atom is 0.246 e. The van der Waals surface area contributed by atoms with Crippen LogP contribution in [-0.2, 0) is 4.79 Å². The summed E-state index contributed by atoms with van der Waals surface area (Å²) in [5.74, 6) is 1.74. The monoisotopic (exact) mass is 456 g/mol. The number of carbonyl (C=O) groups is 1. The second-order valence-electron chi connectivity index (χ2n) is 8.55. The second kappa shape index (κ2) is 11.0. The van der Waals surface area contributed by atoms with E-state index in [-0.39, 0.29) is 11.9 Å². The Kier molecular flexibility index (Phi) is 7.65. The summed E-state index contributed by atoms with van der Waals surface area (Å²) in [5, 5.41) is 0. The molecule has 1 aliphatic rings. The average Bonchev–Trinajstić information content (AvgIpc) is 2.89. The smallest absolute Gasteiger partial charge is 0.246 e. The molecule has 0 radical (unpaired) electrons. The fraction of sp³-hybridized carbons (Fsp3) is 0.276. The number of nitrogens with zero attached hydrogens (tertiary/aromatic N) is 2. The Morgan fingerprint density at radius 1 is 0.765 bits per heavy atom. The van der Waals surface area contributed by atoms with Gasteiger partial charge in [0.15, 0.2) is 0 Å². The minimum Gasteiger partial charge on any atom is -0.497 e. The summed E-state index contributed by atoms with van der Waals surface area (Å²) >= 11 is 0. The first-order valence-corrected chi connectivity index (χ1v) is 11.6. The molecule has 176 valence electrons. The van der Waals surface area contributed by atoms with Crippen molar-refractivity contribution in [1.29, 1.82) is 0 Å². The van der Waals surface area contributed by atoms with Crippen LogP contribution in [0.3, 0.4) is 0 Å². The van der Waals surface area contributed by atoms with Gasteiger partial charge in [0, 0.05) is 32.3 Å². The van der Waals surface area contributed by atoms with Gasteiger partial charge in [-0.15, -0.1) is 0 Å². The Morgan fingerprint density at radius 2 is 1.26 bits per heavy atom. The minimum atomic E-state index is 0.0608. The van der Waals surface area contributed by atoms with Gasteiger partial charge >= 0.3 is 0 Å². The van der Waals surface area contributed by atoms with E-state index in [2.05, 4.69) is 48.2 Å². The molecule has 3 aromatic carbocycles. The SMILES string of the molecule is COc1ccc(C(c2ccc(OC)cc2)N2CCN(C(=O)/C=C/c3ccc(C)cc3)CC2)cc1. The number of hydrogen-bond acceptors (Lipinski definition) is 4. The van der Waals surface area contributed by atoms with Crippen molar-refractivity contribution in [3.8, 4) is 11.5 Å². The van der Waals surface area contributed by atoms with Crippen molar-refractivity contribution in [3.05, 3.63) is 101 Å². The van der Waals surface area contributed by atoms with Crippen molar-refractivity contribution in [2.75, 3.05) is 40.4 Å². The predicted molar refractivity (Wildman–Crippen MR) is 136 cm³/mol. The first kappa shape index (κ1) is 23.6. The van der Waals surface area contributed by atoms with Crippen molar-refractivity contribution in [3.63, 3.8) is 0 Å². The zero-order valence-corrected chi connectivity index (χ0v) is 20.1. The third-order valence-corrected chi connectivity index (χ3v) is 6.35. The molecule has 1 saturated heterocycles. The molecular weight excluding hydrogens is 424 g/mol. The maximum atomic E-state index is 12.8. The van der Waals surface area contributed by atoms with Crippen LogP contribution in [0.4, 0.5) is 0 Å². The largest absolute Gasteiger partial charge is 0.497 e. The number of ether oxygens (including phenoxy) is 2. The number of carbonyl (C=O) groups excluding carboxylic acids is 1. The molecule has 0 aromatic heterocycles. The lowest BCUT2D eigenvalue weighted by Crippen LogP contribution is -2.49. The molecule has 0 atom stereocenters. The van der Waals surface area contributed by atoms with Gasteiger partial charge in [0.2, 0.25) is 5.91 Å². The van der Waals surface area contributed by atoms with Crippen LogP contribution in [0.25, 0.3) is 6.08 Å². The minimum absolute atomic E-state index is 0.0608. The van der Waals surface area contributed by atoms with Crippen LogP contribution < -0.4 is 9.47 Å². The third kappa shape index (κ3) is 5.67. The molecule has 0 aliphatic carbocycles. The molecule has 34 heavy (non-hydrogen) atoms. The summed E-state index contributed by atoms with van der Waals surface area (Å²) in [6.07, 6.45) is 3.58. The van der Waals surface area contributed by atoms with E-state index in [1.165, 1.54) is 16.7 Å². The number of hydrogen-bond donors (Lipinski definition) is 0. The quantitative estimate of drug-likeness (QED) is 0.472. The molecule has 3 aromatic rings. The fourth-order valence-corrected chi connectivity index (χ4v) is 4.34. The lowest BCUT2D eigenvalue weighted by molar-refractivity contribution is -0.127. The molecule has 5 nitrogen and oxygen atoms in total. The zero-order chi connectivity index (χ0) is 23.9. The molecule has 1 aliphatic heterocycles. The number of piperazine rings is 1. The van der Waals surface area contributed by atoms with Gasteiger partial charge in [-0.2, -0.15) is 0 Å². The predicted octanol–water partition coefficient (Wildman–Crippen LogP) is 4.96. The van der Waals surface area contributed by atoms with Gasteiger partial charge < -0.3 is 14.4 Å². The van der Waals surface area contributed by atoms with Crippen molar-refractivity contribution in [1.82, 2.24) is 9.80 Å². The molecule has 1 amide bonds. The number of benzene rings is 3. The molecule has 4 rings (SSSR count). The van der Waals surface area contributed by atoms with Crippen LogP contribution >= 0.6 is 0 Å². The van der Waals surface area contributed by atoms with Gasteiger partial charge in [0.1, 0.15) is 11.5 Å².